The smallest absolute Gasteiger partial charge is 0.260 e. The van der Waals surface area contributed by atoms with Crippen LogP contribution in [-0.2, 0) is 18.6 Å². The van der Waals surface area contributed by atoms with E-state index in [0.717, 1.165) is 35.0 Å². The van der Waals surface area contributed by atoms with Gasteiger partial charge >= 0.3 is 0 Å². The van der Waals surface area contributed by atoms with Gasteiger partial charge in [0.05, 0.1) is 5.39 Å². The number of aryl methyl sites for hydroxylation is 2. The van der Waals surface area contributed by atoms with Gasteiger partial charge in [0.2, 0.25) is 0 Å². The molecule has 0 fully saturated rings. The van der Waals surface area contributed by atoms with Crippen molar-refractivity contribution in [1.82, 2.24) is 9.97 Å². The molecule has 2 heterocycles. The Labute approximate surface area is 141 Å². The van der Waals surface area contributed by atoms with E-state index in [0.29, 0.717) is 10.9 Å². The standard InChI is InChI=1S/C17H15FN2OS2/c18-11-7-5-10(6-8-11)9-22-17-19-15(21)14-12-3-1-2-4-13(12)23-16(14)20-17/h5-8H,1-4,9H2,(H,19,20,21). The van der Waals surface area contributed by atoms with Crippen molar-refractivity contribution < 1.29 is 4.39 Å². The minimum atomic E-state index is -0.240. The minimum absolute atomic E-state index is 0.0315. The Kier molecular flexibility index (Phi) is 3.95. The molecule has 0 spiro atoms. The van der Waals surface area contributed by atoms with Crippen LogP contribution in [0.5, 0.6) is 0 Å². The summed E-state index contributed by atoms with van der Waals surface area (Å²) in [5, 5.41) is 1.42. The summed E-state index contributed by atoms with van der Waals surface area (Å²) < 4.78 is 12.9. The fraction of sp³-hybridized carbons (Fsp3) is 0.294. The summed E-state index contributed by atoms with van der Waals surface area (Å²) in [6.07, 6.45) is 4.40. The van der Waals surface area contributed by atoms with Gasteiger partial charge in [-0.15, -0.1) is 11.3 Å². The molecule has 2 aromatic heterocycles. The first-order chi connectivity index (χ1) is 11.2. The highest BCUT2D eigenvalue weighted by Gasteiger charge is 2.19. The molecule has 0 bridgehead atoms. The number of fused-ring (bicyclic) bond motifs is 3. The number of thiophene rings is 1. The Morgan fingerprint density at radius 2 is 2.00 bits per heavy atom. The van der Waals surface area contributed by atoms with Crippen LogP contribution < -0.4 is 5.56 Å². The van der Waals surface area contributed by atoms with Gasteiger partial charge in [0.1, 0.15) is 10.6 Å². The summed E-state index contributed by atoms with van der Waals surface area (Å²) >= 11 is 3.13. The maximum absolute atomic E-state index is 12.9. The number of rotatable bonds is 3. The summed E-state index contributed by atoms with van der Waals surface area (Å²) in [6.45, 7) is 0. The third-order valence-corrected chi connectivity index (χ3v) is 6.22. The second-order valence-corrected chi connectivity index (χ2v) is 7.72. The Balaban J connectivity index is 1.63. The van der Waals surface area contributed by atoms with Crippen molar-refractivity contribution in [2.24, 2.45) is 0 Å². The lowest BCUT2D eigenvalue weighted by Gasteiger charge is -2.09. The van der Waals surface area contributed by atoms with Crippen LogP contribution in [-0.4, -0.2) is 9.97 Å². The molecule has 0 aliphatic heterocycles. The van der Waals surface area contributed by atoms with Gasteiger partial charge in [-0.3, -0.25) is 4.79 Å². The molecule has 118 valence electrons. The predicted octanol–water partition coefficient (Wildman–Crippen LogP) is 4.29. The first-order valence-corrected chi connectivity index (χ1v) is 9.43. The van der Waals surface area contributed by atoms with E-state index in [2.05, 4.69) is 9.97 Å². The number of nitrogens with zero attached hydrogens (tertiary/aromatic N) is 1. The zero-order chi connectivity index (χ0) is 15.8. The lowest BCUT2D eigenvalue weighted by atomic mass is 9.97. The van der Waals surface area contributed by atoms with Gasteiger partial charge in [0.25, 0.3) is 5.56 Å². The van der Waals surface area contributed by atoms with Gasteiger partial charge in [-0.05, 0) is 48.9 Å². The van der Waals surface area contributed by atoms with Crippen molar-refractivity contribution in [2.45, 2.75) is 36.6 Å². The predicted molar refractivity (Wildman–Crippen MR) is 92.8 cm³/mol. The zero-order valence-electron chi connectivity index (χ0n) is 12.4. The quantitative estimate of drug-likeness (QED) is 0.568. The molecule has 1 N–H and O–H groups in total. The van der Waals surface area contributed by atoms with Gasteiger partial charge < -0.3 is 4.98 Å². The monoisotopic (exact) mass is 346 g/mol. The van der Waals surface area contributed by atoms with Crippen molar-refractivity contribution >= 4 is 33.3 Å². The SMILES string of the molecule is O=c1[nH]c(SCc2ccc(F)cc2)nc2sc3c(c12)CCCC3. The highest BCUT2D eigenvalue weighted by molar-refractivity contribution is 7.98. The Morgan fingerprint density at radius 1 is 1.22 bits per heavy atom. The fourth-order valence-electron chi connectivity index (χ4n) is 2.94. The maximum Gasteiger partial charge on any atom is 0.260 e. The molecule has 1 aliphatic carbocycles. The molecule has 3 nitrogen and oxygen atoms in total. The molecule has 1 aliphatic rings. The number of hydrogen-bond donors (Lipinski definition) is 1. The lowest BCUT2D eigenvalue weighted by molar-refractivity contribution is 0.627. The van der Waals surface area contributed by atoms with Crippen LogP contribution >= 0.6 is 23.1 Å². The molecule has 1 aromatic carbocycles. The van der Waals surface area contributed by atoms with Crippen LogP contribution in [0.3, 0.4) is 0 Å². The van der Waals surface area contributed by atoms with E-state index in [1.54, 1.807) is 23.5 Å². The summed E-state index contributed by atoms with van der Waals surface area (Å²) in [6, 6.07) is 6.40. The number of halogens is 1. The number of nitrogens with one attached hydrogen (secondary N) is 1. The highest BCUT2D eigenvalue weighted by atomic mass is 32.2. The van der Waals surface area contributed by atoms with Gasteiger partial charge in [0.15, 0.2) is 5.16 Å². The average Bonchev–Trinajstić information content (AvgIpc) is 2.93. The third kappa shape index (κ3) is 2.93. The number of thioether (sulfide) groups is 1. The molecule has 0 saturated heterocycles. The maximum atomic E-state index is 12.9. The van der Waals surface area contributed by atoms with E-state index >= 15 is 0 Å². The summed E-state index contributed by atoms with van der Waals surface area (Å²) in [4.78, 5) is 22.1. The Bertz CT molecular complexity index is 915. The average molecular weight is 346 g/mol. The van der Waals surface area contributed by atoms with Crippen molar-refractivity contribution in [2.75, 3.05) is 0 Å². The summed E-state index contributed by atoms with van der Waals surface area (Å²) in [5.41, 5.74) is 2.18. The Morgan fingerprint density at radius 3 is 2.83 bits per heavy atom. The van der Waals surface area contributed by atoms with Crippen LogP contribution in [0.4, 0.5) is 4.39 Å². The summed E-state index contributed by atoms with van der Waals surface area (Å²) in [7, 11) is 0. The van der Waals surface area contributed by atoms with Crippen LogP contribution in [0.1, 0.15) is 28.8 Å². The van der Waals surface area contributed by atoms with Crippen LogP contribution in [0.25, 0.3) is 10.2 Å². The van der Waals surface area contributed by atoms with Gasteiger partial charge in [-0.25, -0.2) is 9.37 Å². The van der Waals surface area contributed by atoms with E-state index in [1.165, 1.54) is 40.8 Å². The molecule has 0 unspecified atom stereocenters. The van der Waals surface area contributed by atoms with Crippen molar-refractivity contribution in [1.29, 1.82) is 0 Å². The second-order valence-electron chi connectivity index (χ2n) is 5.68. The molecular weight excluding hydrogens is 331 g/mol. The van der Waals surface area contributed by atoms with Crippen LogP contribution in [0, 0.1) is 5.82 Å². The number of aromatic nitrogens is 2. The Hall–Kier alpha value is -1.66. The molecule has 0 atom stereocenters. The molecule has 3 aromatic rings. The summed E-state index contributed by atoms with van der Waals surface area (Å²) in [5.74, 6) is 0.413. The zero-order valence-corrected chi connectivity index (χ0v) is 14.0. The molecule has 6 heteroatoms. The fourth-order valence-corrected chi connectivity index (χ4v) is 5.08. The normalized spacial score (nSPS) is 14.1. The van der Waals surface area contributed by atoms with Crippen LogP contribution in [0.15, 0.2) is 34.2 Å². The van der Waals surface area contributed by atoms with E-state index in [4.69, 9.17) is 0 Å². The number of H-pyrrole nitrogens is 1. The highest BCUT2D eigenvalue weighted by Crippen LogP contribution is 2.34. The molecule has 0 amide bonds. The molecule has 0 radical (unpaired) electrons. The van der Waals surface area contributed by atoms with Crippen LogP contribution in [0.2, 0.25) is 0 Å². The molecule has 0 saturated carbocycles. The number of benzene rings is 1. The van der Waals surface area contributed by atoms with Gasteiger partial charge in [0, 0.05) is 10.6 Å². The van der Waals surface area contributed by atoms with Crippen molar-refractivity contribution in [3.05, 3.63) is 56.4 Å². The third-order valence-electron chi connectivity index (χ3n) is 4.09. The second kappa shape index (κ2) is 6.09. The topological polar surface area (TPSA) is 45.8 Å². The minimum Gasteiger partial charge on any atom is -0.301 e. The first-order valence-electron chi connectivity index (χ1n) is 7.62. The molecular formula is C17H15FN2OS2. The number of aromatic amines is 1. The number of hydrogen-bond acceptors (Lipinski definition) is 4. The van der Waals surface area contributed by atoms with Gasteiger partial charge in [-0.1, -0.05) is 23.9 Å². The van der Waals surface area contributed by atoms with E-state index in [1.807, 2.05) is 0 Å². The molecule has 4 rings (SSSR count). The van der Waals surface area contributed by atoms with E-state index < -0.39 is 0 Å². The lowest BCUT2D eigenvalue weighted by Crippen LogP contribution is -2.10. The van der Waals surface area contributed by atoms with Crippen molar-refractivity contribution in [3.63, 3.8) is 0 Å². The molecule has 23 heavy (non-hydrogen) atoms. The van der Waals surface area contributed by atoms with Crippen molar-refractivity contribution in [3.8, 4) is 0 Å². The largest absolute Gasteiger partial charge is 0.301 e. The van der Waals surface area contributed by atoms with E-state index in [-0.39, 0.29) is 11.4 Å². The van der Waals surface area contributed by atoms with Gasteiger partial charge in [-0.2, -0.15) is 0 Å². The first kappa shape index (κ1) is 14.9. The van der Waals surface area contributed by atoms with E-state index in [9.17, 15) is 9.18 Å².